The maximum Gasteiger partial charge on any atom is 0.303 e. The van der Waals surface area contributed by atoms with E-state index in [1.807, 2.05) is 13.8 Å². The number of carbonyl (C=O) groups excluding carboxylic acids is 1. The molecule has 0 saturated heterocycles. The molecule has 0 aliphatic carbocycles. The van der Waals surface area contributed by atoms with Crippen LogP contribution >= 0.6 is 0 Å². The van der Waals surface area contributed by atoms with Crippen LogP contribution in [0.4, 0.5) is 0 Å². The Kier molecular flexibility index (Phi) is 7.68. The third-order valence-electron chi connectivity index (χ3n) is 3.44. The second-order valence-corrected chi connectivity index (χ2v) is 6.08. The SMILES string of the molecule is CC(C)N(C)C(=O)CNCCC(C)(C)CCC(=O)O. The van der Waals surface area contributed by atoms with Crippen molar-refractivity contribution in [3.05, 3.63) is 0 Å². The summed E-state index contributed by atoms with van der Waals surface area (Å²) < 4.78 is 0. The Morgan fingerprint density at radius 1 is 1.26 bits per heavy atom. The molecule has 1 amide bonds. The van der Waals surface area contributed by atoms with E-state index in [9.17, 15) is 9.59 Å². The van der Waals surface area contributed by atoms with Gasteiger partial charge in [-0.25, -0.2) is 0 Å². The van der Waals surface area contributed by atoms with Crippen molar-refractivity contribution >= 4 is 11.9 Å². The number of hydrogen-bond donors (Lipinski definition) is 2. The lowest BCUT2D eigenvalue weighted by Crippen LogP contribution is -2.40. The maximum absolute atomic E-state index is 11.7. The van der Waals surface area contributed by atoms with E-state index in [0.717, 1.165) is 13.0 Å². The number of amides is 1. The third-order valence-corrected chi connectivity index (χ3v) is 3.44. The van der Waals surface area contributed by atoms with Crippen LogP contribution in [0.3, 0.4) is 0 Å². The van der Waals surface area contributed by atoms with Crippen LogP contribution in [-0.4, -0.2) is 48.1 Å². The van der Waals surface area contributed by atoms with Crippen LogP contribution in [0.1, 0.15) is 47.0 Å². The largest absolute Gasteiger partial charge is 0.481 e. The van der Waals surface area contributed by atoms with Crippen LogP contribution in [0.25, 0.3) is 0 Å². The summed E-state index contributed by atoms with van der Waals surface area (Å²) in [5.41, 5.74) is -0.0155. The predicted molar refractivity (Wildman–Crippen MR) is 76.0 cm³/mol. The van der Waals surface area contributed by atoms with Gasteiger partial charge in [0.2, 0.25) is 5.91 Å². The molecule has 0 aromatic heterocycles. The molecule has 0 fully saturated rings. The molecule has 0 saturated carbocycles. The molecule has 0 aromatic rings. The van der Waals surface area contributed by atoms with Crippen molar-refractivity contribution in [1.29, 1.82) is 0 Å². The Balaban J connectivity index is 3.84. The van der Waals surface area contributed by atoms with Crippen molar-refractivity contribution in [3.63, 3.8) is 0 Å². The number of carbonyl (C=O) groups is 2. The number of carboxylic acid groups (broad SMARTS) is 1. The predicted octanol–water partition coefficient (Wildman–Crippen LogP) is 1.72. The zero-order chi connectivity index (χ0) is 15.1. The molecular formula is C14H28N2O3. The van der Waals surface area contributed by atoms with Crippen molar-refractivity contribution in [1.82, 2.24) is 10.2 Å². The lowest BCUT2D eigenvalue weighted by atomic mass is 9.84. The number of carboxylic acids is 1. The van der Waals surface area contributed by atoms with Crippen LogP contribution in [-0.2, 0) is 9.59 Å². The fourth-order valence-electron chi connectivity index (χ4n) is 1.61. The van der Waals surface area contributed by atoms with Crippen LogP contribution < -0.4 is 5.32 Å². The van der Waals surface area contributed by atoms with E-state index in [4.69, 9.17) is 5.11 Å². The van der Waals surface area contributed by atoms with Crippen molar-refractivity contribution < 1.29 is 14.7 Å². The van der Waals surface area contributed by atoms with Gasteiger partial charge in [-0.3, -0.25) is 9.59 Å². The molecule has 0 spiro atoms. The van der Waals surface area contributed by atoms with Crippen LogP contribution in [0.5, 0.6) is 0 Å². The van der Waals surface area contributed by atoms with Gasteiger partial charge in [0.25, 0.3) is 0 Å². The molecule has 0 bridgehead atoms. The molecule has 0 unspecified atom stereocenters. The van der Waals surface area contributed by atoms with Gasteiger partial charge in [-0.1, -0.05) is 13.8 Å². The minimum absolute atomic E-state index is 0.0155. The Labute approximate surface area is 116 Å². The van der Waals surface area contributed by atoms with Crippen LogP contribution in [0.15, 0.2) is 0 Å². The topological polar surface area (TPSA) is 69.6 Å². The molecule has 5 nitrogen and oxygen atoms in total. The summed E-state index contributed by atoms with van der Waals surface area (Å²) in [7, 11) is 1.80. The average Bonchev–Trinajstić information content (AvgIpc) is 2.31. The minimum atomic E-state index is -0.755. The lowest BCUT2D eigenvalue weighted by Gasteiger charge is -2.25. The molecule has 2 N–H and O–H groups in total. The van der Waals surface area contributed by atoms with Gasteiger partial charge in [0.1, 0.15) is 0 Å². The second-order valence-electron chi connectivity index (χ2n) is 6.08. The van der Waals surface area contributed by atoms with Gasteiger partial charge < -0.3 is 15.3 Å². The van der Waals surface area contributed by atoms with Gasteiger partial charge in [0, 0.05) is 19.5 Å². The maximum atomic E-state index is 11.7. The summed E-state index contributed by atoms with van der Waals surface area (Å²) in [6, 6.07) is 0.210. The molecule has 5 heteroatoms. The van der Waals surface area contributed by atoms with Crippen molar-refractivity contribution in [3.8, 4) is 0 Å². The quantitative estimate of drug-likeness (QED) is 0.627. The number of rotatable bonds is 9. The van der Waals surface area contributed by atoms with E-state index < -0.39 is 5.97 Å². The molecular weight excluding hydrogens is 244 g/mol. The molecule has 0 aliphatic rings. The zero-order valence-corrected chi connectivity index (χ0v) is 12.8. The Morgan fingerprint density at radius 2 is 1.84 bits per heavy atom. The van der Waals surface area contributed by atoms with E-state index >= 15 is 0 Å². The molecule has 112 valence electrons. The number of hydrogen-bond acceptors (Lipinski definition) is 3. The number of aliphatic carboxylic acids is 1. The molecule has 0 radical (unpaired) electrons. The van der Waals surface area contributed by atoms with Gasteiger partial charge >= 0.3 is 5.97 Å². The fourth-order valence-corrected chi connectivity index (χ4v) is 1.61. The molecule has 19 heavy (non-hydrogen) atoms. The number of nitrogens with one attached hydrogen (secondary N) is 1. The van der Waals surface area contributed by atoms with E-state index in [1.165, 1.54) is 0 Å². The second kappa shape index (κ2) is 8.15. The normalized spacial score (nSPS) is 11.7. The standard InChI is InChI=1S/C14H28N2O3/c1-11(2)16(5)12(17)10-15-9-8-14(3,4)7-6-13(18)19/h11,15H,6-10H2,1-5H3,(H,18,19). The summed E-state index contributed by atoms with van der Waals surface area (Å²) in [4.78, 5) is 24.0. The molecule has 0 atom stereocenters. The molecule has 0 aromatic carbocycles. The summed E-state index contributed by atoms with van der Waals surface area (Å²) in [5.74, 6) is -0.673. The van der Waals surface area contributed by atoms with Crippen LogP contribution in [0, 0.1) is 5.41 Å². The van der Waals surface area contributed by atoms with E-state index in [2.05, 4.69) is 19.2 Å². The first-order chi connectivity index (χ1) is 8.65. The monoisotopic (exact) mass is 272 g/mol. The Bertz CT molecular complexity index is 301. The van der Waals surface area contributed by atoms with Gasteiger partial charge in [0.15, 0.2) is 0 Å². The van der Waals surface area contributed by atoms with Gasteiger partial charge in [-0.2, -0.15) is 0 Å². The van der Waals surface area contributed by atoms with E-state index in [-0.39, 0.29) is 23.8 Å². The number of likely N-dealkylation sites (N-methyl/N-ethyl adjacent to an activating group) is 1. The first-order valence-electron chi connectivity index (χ1n) is 6.84. The highest BCUT2D eigenvalue weighted by Crippen LogP contribution is 2.25. The smallest absolute Gasteiger partial charge is 0.303 e. The minimum Gasteiger partial charge on any atom is -0.481 e. The van der Waals surface area contributed by atoms with Crippen molar-refractivity contribution in [2.24, 2.45) is 5.41 Å². The van der Waals surface area contributed by atoms with Gasteiger partial charge in [0.05, 0.1) is 6.54 Å². The Hall–Kier alpha value is -1.10. The molecule has 0 heterocycles. The first-order valence-corrected chi connectivity index (χ1v) is 6.84. The summed E-state index contributed by atoms with van der Waals surface area (Å²) in [6.07, 6.45) is 1.71. The summed E-state index contributed by atoms with van der Waals surface area (Å²) in [5, 5.41) is 11.8. The fraction of sp³-hybridized carbons (Fsp3) is 0.857. The first kappa shape index (κ1) is 17.9. The van der Waals surface area contributed by atoms with E-state index in [0.29, 0.717) is 13.0 Å². The van der Waals surface area contributed by atoms with E-state index in [1.54, 1.807) is 11.9 Å². The van der Waals surface area contributed by atoms with Gasteiger partial charge in [-0.05, 0) is 38.6 Å². The average molecular weight is 272 g/mol. The van der Waals surface area contributed by atoms with Crippen LogP contribution in [0.2, 0.25) is 0 Å². The van der Waals surface area contributed by atoms with Crippen molar-refractivity contribution in [2.75, 3.05) is 20.1 Å². The highest BCUT2D eigenvalue weighted by atomic mass is 16.4. The zero-order valence-electron chi connectivity index (χ0n) is 12.8. The highest BCUT2D eigenvalue weighted by Gasteiger charge is 2.19. The highest BCUT2D eigenvalue weighted by molar-refractivity contribution is 5.78. The van der Waals surface area contributed by atoms with Crippen molar-refractivity contribution in [2.45, 2.75) is 53.0 Å². The summed E-state index contributed by atoms with van der Waals surface area (Å²) in [6.45, 7) is 9.13. The molecule has 0 rings (SSSR count). The molecule has 0 aliphatic heterocycles. The lowest BCUT2D eigenvalue weighted by molar-refractivity contribution is -0.137. The van der Waals surface area contributed by atoms with Gasteiger partial charge in [-0.15, -0.1) is 0 Å². The third kappa shape index (κ3) is 8.59. The summed E-state index contributed by atoms with van der Waals surface area (Å²) >= 11 is 0. The number of nitrogens with zero attached hydrogens (tertiary/aromatic N) is 1. The Morgan fingerprint density at radius 3 is 2.32 bits per heavy atom.